The van der Waals surface area contributed by atoms with Crippen molar-refractivity contribution in [2.45, 2.75) is 6.36 Å². The maximum atomic E-state index is 12.1. The van der Waals surface area contributed by atoms with Gasteiger partial charge in [-0.1, -0.05) is 0 Å². The Morgan fingerprint density at radius 3 is 2.47 bits per heavy atom. The molecule has 0 aliphatic heterocycles. The Morgan fingerprint density at radius 2 is 2.05 bits per heavy atom. The van der Waals surface area contributed by atoms with Gasteiger partial charge in [-0.05, 0) is 4.92 Å². The number of carbonyl (C=O) groups excluding carboxylic acids is 1. The highest BCUT2D eigenvalue weighted by Crippen LogP contribution is 2.27. The Labute approximate surface area is 101 Å². The van der Waals surface area contributed by atoms with Gasteiger partial charge in [-0.3, -0.25) is 0 Å². The van der Waals surface area contributed by atoms with Gasteiger partial charge in [0.15, 0.2) is 11.3 Å². The minimum atomic E-state index is -5.23. The van der Waals surface area contributed by atoms with Crippen molar-refractivity contribution in [1.29, 1.82) is 0 Å². The molecule has 1 N–H and O–H groups in total. The highest BCUT2D eigenvalue weighted by molar-refractivity contribution is 5.92. The SMILES string of the molecule is COC(=O)c1c(OC(F)(F)F)cc([N+](=O)[O-])[nH]c1=O. The molecule has 0 spiro atoms. The van der Waals surface area contributed by atoms with Crippen LogP contribution in [0.5, 0.6) is 5.75 Å². The maximum absolute atomic E-state index is 12.1. The van der Waals surface area contributed by atoms with Gasteiger partial charge in [0.1, 0.15) is 0 Å². The van der Waals surface area contributed by atoms with E-state index in [2.05, 4.69) is 9.47 Å². The fourth-order valence-corrected chi connectivity index (χ4v) is 1.12. The largest absolute Gasteiger partial charge is 0.573 e. The molecule has 0 saturated carbocycles. The molecule has 8 nitrogen and oxygen atoms in total. The molecule has 0 atom stereocenters. The number of aromatic nitrogens is 1. The number of hydrogen-bond donors (Lipinski definition) is 1. The first-order chi connectivity index (χ1) is 8.65. The summed E-state index contributed by atoms with van der Waals surface area (Å²) in [5.74, 6) is -3.79. The molecular weight excluding hydrogens is 277 g/mol. The first kappa shape index (κ1) is 14.5. The van der Waals surface area contributed by atoms with Crippen molar-refractivity contribution in [2.75, 3.05) is 7.11 Å². The molecule has 11 heteroatoms. The Kier molecular flexibility index (Phi) is 3.77. The number of methoxy groups -OCH3 is 1. The molecule has 0 unspecified atom stereocenters. The Morgan fingerprint density at radius 1 is 1.47 bits per heavy atom. The minimum absolute atomic E-state index is 0.265. The third kappa shape index (κ3) is 3.43. The summed E-state index contributed by atoms with van der Waals surface area (Å²) in [5, 5.41) is 10.4. The van der Waals surface area contributed by atoms with Gasteiger partial charge in [0.05, 0.1) is 13.2 Å². The van der Waals surface area contributed by atoms with E-state index in [1.165, 1.54) is 0 Å². The molecule has 1 aromatic heterocycles. The summed E-state index contributed by atoms with van der Waals surface area (Å²) in [6.07, 6.45) is -5.23. The molecule has 0 aromatic carbocycles. The maximum Gasteiger partial charge on any atom is 0.573 e. The Balaban J connectivity index is 3.49. The lowest BCUT2D eigenvalue weighted by atomic mass is 10.2. The lowest BCUT2D eigenvalue weighted by molar-refractivity contribution is -0.389. The number of carbonyl (C=O) groups is 1. The third-order valence-corrected chi connectivity index (χ3v) is 1.79. The normalized spacial score (nSPS) is 10.9. The molecule has 1 rings (SSSR count). The zero-order chi connectivity index (χ0) is 14.8. The van der Waals surface area contributed by atoms with Crippen LogP contribution in [0.25, 0.3) is 0 Å². The fourth-order valence-electron chi connectivity index (χ4n) is 1.12. The molecular formula is C8H5F3N2O6. The van der Waals surface area contributed by atoms with Crippen LogP contribution in [-0.4, -0.2) is 29.3 Å². The summed E-state index contributed by atoms with van der Waals surface area (Å²) in [7, 11) is 0.820. The number of halogens is 3. The summed E-state index contributed by atoms with van der Waals surface area (Å²) in [6.45, 7) is 0. The zero-order valence-corrected chi connectivity index (χ0v) is 9.11. The van der Waals surface area contributed by atoms with E-state index in [1.54, 1.807) is 4.98 Å². The highest BCUT2D eigenvalue weighted by Gasteiger charge is 2.35. The smallest absolute Gasteiger partial charge is 0.465 e. The topological polar surface area (TPSA) is 112 Å². The summed E-state index contributed by atoms with van der Waals surface area (Å²) in [4.78, 5) is 33.4. The van der Waals surface area contributed by atoms with Gasteiger partial charge < -0.3 is 19.6 Å². The molecule has 19 heavy (non-hydrogen) atoms. The van der Waals surface area contributed by atoms with Crippen LogP contribution >= 0.6 is 0 Å². The van der Waals surface area contributed by atoms with E-state index in [0.717, 1.165) is 7.11 Å². The second-order valence-electron chi connectivity index (χ2n) is 3.02. The van der Waals surface area contributed by atoms with Crippen LogP contribution in [0.15, 0.2) is 10.9 Å². The minimum Gasteiger partial charge on any atom is -0.465 e. The van der Waals surface area contributed by atoms with Crippen LogP contribution in [-0.2, 0) is 4.74 Å². The lowest BCUT2D eigenvalue weighted by Crippen LogP contribution is -2.25. The van der Waals surface area contributed by atoms with Crippen molar-refractivity contribution < 1.29 is 32.4 Å². The van der Waals surface area contributed by atoms with Crippen LogP contribution in [0.3, 0.4) is 0 Å². The molecule has 0 aliphatic rings. The number of nitrogens with zero attached hydrogens (tertiary/aromatic N) is 1. The average molecular weight is 282 g/mol. The average Bonchev–Trinajstić information content (AvgIpc) is 2.25. The lowest BCUT2D eigenvalue weighted by Gasteiger charge is -2.10. The number of alkyl halides is 3. The van der Waals surface area contributed by atoms with Crippen LogP contribution in [0, 0.1) is 10.1 Å². The van der Waals surface area contributed by atoms with Gasteiger partial charge in [-0.2, -0.15) is 0 Å². The van der Waals surface area contributed by atoms with Crippen molar-refractivity contribution in [3.63, 3.8) is 0 Å². The first-order valence-electron chi connectivity index (χ1n) is 4.41. The van der Waals surface area contributed by atoms with Crippen LogP contribution in [0.2, 0.25) is 0 Å². The third-order valence-electron chi connectivity index (χ3n) is 1.79. The van der Waals surface area contributed by atoms with E-state index in [9.17, 15) is 32.9 Å². The van der Waals surface area contributed by atoms with E-state index in [-0.39, 0.29) is 6.07 Å². The van der Waals surface area contributed by atoms with E-state index >= 15 is 0 Å². The summed E-state index contributed by atoms with van der Waals surface area (Å²) in [6, 6.07) is 0.265. The van der Waals surface area contributed by atoms with Gasteiger partial charge in [-0.25, -0.2) is 14.6 Å². The highest BCUT2D eigenvalue weighted by atomic mass is 19.4. The van der Waals surface area contributed by atoms with Gasteiger partial charge in [0.2, 0.25) is 0 Å². The number of aromatic amines is 1. The molecule has 0 radical (unpaired) electrons. The molecule has 0 amide bonds. The molecule has 0 saturated heterocycles. The monoisotopic (exact) mass is 282 g/mol. The molecule has 0 aliphatic carbocycles. The van der Waals surface area contributed by atoms with Crippen molar-refractivity contribution in [2.24, 2.45) is 0 Å². The summed E-state index contributed by atoms with van der Waals surface area (Å²) < 4.78 is 43.8. The fraction of sp³-hybridized carbons (Fsp3) is 0.250. The number of hydrogen-bond acceptors (Lipinski definition) is 6. The second-order valence-corrected chi connectivity index (χ2v) is 3.02. The Bertz CT molecular complexity index is 579. The van der Waals surface area contributed by atoms with Crippen LogP contribution in [0.1, 0.15) is 10.4 Å². The zero-order valence-electron chi connectivity index (χ0n) is 9.11. The second kappa shape index (κ2) is 4.96. The van der Waals surface area contributed by atoms with Crippen molar-refractivity contribution >= 4 is 11.8 Å². The number of esters is 1. The first-order valence-corrected chi connectivity index (χ1v) is 4.41. The van der Waals surface area contributed by atoms with Crippen LogP contribution in [0.4, 0.5) is 19.0 Å². The molecule has 1 heterocycles. The van der Waals surface area contributed by atoms with E-state index in [0.29, 0.717) is 0 Å². The number of nitrogens with one attached hydrogen (secondary N) is 1. The van der Waals surface area contributed by atoms with E-state index in [4.69, 9.17) is 0 Å². The van der Waals surface area contributed by atoms with Crippen LogP contribution < -0.4 is 10.3 Å². The van der Waals surface area contributed by atoms with Crippen molar-refractivity contribution in [3.8, 4) is 5.75 Å². The number of pyridine rings is 1. The Hall–Kier alpha value is -2.59. The predicted molar refractivity (Wildman–Crippen MR) is 51.7 cm³/mol. The van der Waals surface area contributed by atoms with Gasteiger partial charge >= 0.3 is 23.7 Å². The van der Waals surface area contributed by atoms with Crippen molar-refractivity contribution in [1.82, 2.24) is 4.98 Å². The van der Waals surface area contributed by atoms with Gasteiger partial charge in [0, 0.05) is 0 Å². The van der Waals surface area contributed by atoms with Gasteiger partial charge in [-0.15, -0.1) is 13.2 Å². The molecule has 1 aromatic rings. The summed E-state index contributed by atoms with van der Waals surface area (Å²) >= 11 is 0. The number of H-pyrrole nitrogens is 1. The quantitative estimate of drug-likeness (QED) is 0.502. The van der Waals surface area contributed by atoms with Gasteiger partial charge in [0.25, 0.3) is 0 Å². The van der Waals surface area contributed by atoms with E-state index < -0.39 is 39.9 Å². The molecule has 0 fully saturated rings. The number of nitro groups is 1. The molecule has 0 bridgehead atoms. The predicted octanol–water partition coefficient (Wildman–Crippen LogP) is 0.968. The molecule has 104 valence electrons. The standard InChI is InChI=1S/C8H5F3N2O6/c1-18-7(15)5-3(19-8(9,10)11)2-4(13(16)17)12-6(5)14/h2H,1H3,(H,12,14). The summed E-state index contributed by atoms with van der Waals surface area (Å²) in [5.41, 5.74) is -2.55. The van der Waals surface area contributed by atoms with Crippen molar-refractivity contribution in [3.05, 3.63) is 32.1 Å². The number of ether oxygens (including phenoxy) is 2. The van der Waals surface area contributed by atoms with E-state index in [1.807, 2.05) is 0 Å². The number of rotatable bonds is 3.